The summed E-state index contributed by atoms with van der Waals surface area (Å²) >= 11 is 0. The first kappa shape index (κ1) is 18.4. The Morgan fingerprint density at radius 2 is 2.00 bits per heavy atom. The van der Waals surface area contributed by atoms with Crippen molar-refractivity contribution in [2.24, 2.45) is 17.3 Å². The lowest BCUT2D eigenvalue weighted by atomic mass is 10.1. The van der Waals surface area contributed by atoms with Gasteiger partial charge in [-0.25, -0.2) is 0 Å². The number of halogens is 3. The van der Waals surface area contributed by atoms with Crippen molar-refractivity contribution >= 4 is 11.6 Å². The van der Waals surface area contributed by atoms with Gasteiger partial charge in [0, 0.05) is 6.20 Å². The molecule has 2 unspecified atom stereocenters. The number of pyridine rings is 1. The van der Waals surface area contributed by atoms with Crippen LogP contribution < -0.4 is 5.32 Å². The van der Waals surface area contributed by atoms with Gasteiger partial charge in [0.2, 0.25) is 5.91 Å². The fourth-order valence-electron chi connectivity index (χ4n) is 3.35. The van der Waals surface area contributed by atoms with E-state index in [-0.39, 0.29) is 35.5 Å². The van der Waals surface area contributed by atoms with Gasteiger partial charge in [-0.1, -0.05) is 25.5 Å². The van der Waals surface area contributed by atoms with Crippen molar-refractivity contribution in [2.75, 3.05) is 0 Å². The van der Waals surface area contributed by atoms with Crippen LogP contribution in [0.25, 0.3) is 5.65 Å². The lowest BCUT2D eigenvalue weighted by molar-refractivity contribution is -0.137. The molecule has 0 spiro atoms. The molecule has 1 aliphatic rings. The fraction of sp³-hybridized carbons (Fsp3) is 0.500. The maximum atomic E-state index is 12.9. The van der Waals surface area contributed by atoms with Crippen LogP contribution in [-0.4, -0.2) is 20.5 Å². The summed E-state index contributed by atoms with van der Waals surface area (Å²) in [5.74, 6) is 0.152. The van der Waals surface area contributed by atoms with E-state index >= 15 is 0 Å². The largest absolute Gasteiger partial charge is 0.417 e. The van der Waals surface area contributed by atoms with Gasteiger partial charge >= 0.3 is 6.18 Å². The van der Waals surface area contributed by atoms with E-state index in [2.05, 4.69) is 21.6 Å². The molecule has 2 atom stereocenters. The molecule has 0 saturated heterocycles. The Morgan fingerprint density at radius 1 is 1.31 bits per heavy atom. The van der Waals surface area contributed by atoms with Gasteiger partial charge in [0.25, 0.3) is 0 Å². The highest BCUT2D eigenvalue weighted by atomic mass is 19.4. The number of nitrogens with one attached hydrogen (secondary N) is 1. The molecule has 2 aromatic rings. The number of hydrogen-bond acceptors (Lipinski definition) is 3. The maximum absolute atomic E-state index is 12.9. The highest BCUT2D eigenvalue weighted by Crippen LogP contribution is 2.59. The molecule has 0 bridgehead atoms. The van der Waals surface area contributed by atoms with Crippen molar-refractivity contribution in [1.82, 2.24) is 19.9 Å². The average molecular weight is 366 g/mol. The minimum absolute atomic E-state index is 0.0232. The number of nitrogens with zero attached hydrogens (tertiary/aromatic N) is 3. The zero-order valence-corrected chi connectivity index (χ0v) is 15.1. The maximum Gasteiger partial charge on any atom is 0.417 e. The van der Waals surface area contributed by atoms with Crippen LogP contribution in [0.4, 0.5) is 13.2 Å². The summed E-state index contributed by atoms with van der Waals surface area (Å²) in [4.78, 5) is 12.5. The minimum atomic E-state index is -4.45. The summed E-state index contributed by atoms with van der Waals surface area (Å²) < 4.78 is 39.9. The second-order valence-corrected chi connectivity index (χ2v) is 7.55. The zero-order chi connectivity index (χ0) is 19.3. The van der Waals surface area contributed by atoms with Crippen LogP contribution in [0.1, 0.15) is 39.1 Å². The number of hydrogen-bond donors (Lipinski definition) is 1. The predicted octanol–water partition coefficient (Wildman–Crippen LogP) is 3.60. The molecule has 1 fully saturated rings. The molecule has 3 rings (SSSR count). The summed E-state index contributed by atoms with van der Waals surface area (Å²) in [6, 6.07) is 2.22. The standard InChI is InChI=1S/C18H21F3N4O/c1-10(2)7-12-15(17(12,3)4)16(26)22-8-14-24-23-13-6-5-11(9-25(13)14)18(19,20)21/h5-7,9,12,15H,8H2,1-4H3,(H,22,26). The van der Waals surface area contributed by atoms with Crippen LogP contribution in [0.15, 0.2) is 30.0 Å². The van der Waals surface area contributed by atoms with E-state index in [1.54, 1.807) is 0 Å². The Labute approximate surface area is 149 Å². The molecule has 1 saturated carbocycles. The first-order chi connectivity index (χ1) is 12.0. The second-order valence-electron chi connectivity index (χ2n) is 7.55. The summed E-state index contributed by atoms with van der Waals surface area (Å²) in [6.07, 6.45) is -1.41. The van der Waals surface area contributed by atoms with Gasteiger partial charge in [0.15, 0.2) is 11.5 Å². The topological polar surface area (TPSA) is 59.3 Å². The highest BCUT2D eigenvalue weighted by Gasteiger charge is 2.60. The van der Waals surface area contributed by atoms with Crippen molar-refractivity contribution < 1.29 is 18.0 Å². The minimum Gasteiger partial charge on any atom is -0.349 e. The Morgan fingerprint density at radius 3 is 2.62 bits per heavy atom. The lowest BCUT2D eigenvalue weighted by Crippen LogP contribution is -2.27. The second kappa shape index (κ2) is 6.10. The highest BCUT2D eigenvalue weighted by molar-refractivity contribution is 5.83. The Bertz CT molecular complexity index is 878. The molecular weight excluding hydrogens is 345 g/mol. The van der Waals surface area contributed by atoms with Crippen LogP contribution in [0.5, 0.6) is 0 Å². The molecule has 140 valence electrons. The van der Waals surface area contributed by atoms with Crippen molar-refractivity contribution in [3.63, 3.8) is 0 Å². The number of carbonyl (C=O) groups is 1. The van der Waals surface area contributed by atoms with Crippen LogP contribution in [0.3, 0.4) is 0 Å². The summed E-state index contributed by atoms with van der Waals surface area (Å²) in [5.41, 5.74) is 0.541. The van der Waals surface area contributed by atoms with E-state index < -0.39 is 11.7 Å². The number of fused-ring (bicyclic) bond motifs is 1. The Kier molecular flexibility index (Phi) is 4.32. The van der Waals surface area contributed by atoms with Crippen LogP contribution in [-0.2, 0) is 17.5 Å². The Hall–Kier alpha value is -2.38. The van der Waals surface area contributed by atoms with E-state index in [4.69, 9.17) is 0 Å². The van der Waals surface area contributed by atoms with Gasteiger partial charge in [-0.05, 0) is 37.3 Å². The third-order valence-electron chi connectivity index (χ3n) is 4.93. The number of rotatable bonds is 4. The molecule has 8 heteroatoms. The molecule has 1 amide bonds. The first-order valence-electron chi connectivity index (χ1n) is 8.35. The lowest BCUT2D eigenvalue weighted by Gasteiger charge is -2.08. The van der Waals surface area contributed by atoms with Crippen molar-refractivity contribution in [3.05, 3.63) is 41.4 Å². The quantitative estimate of drug-likeness (QED) is 0.841. The van der Waals surface area contributed by atoms with Crippen LogP contribution in [0, 0.1) is 17.3 Å². The average Bonchev–Trinajstić information content (AvgIpc) is 2.89. The number of amides is 1. The van der Waals surface area contributed by atoms with E-state index in [9.17, 15) is 18.0 Å². The number of carbonyl (C=O) groups excluding carboxylic acids is 1. The molecule has 1 N–H and O–H groups in total. The smallest absolute Gasteiger partial charge is 0.349 e. The summed E-state index contributed by atoms with van der Waals surface area (Å²) in [5, 5.41) is 10.5. The van der Waals surface area contributed by atoms with E-state index in [0.29, 0.717) is 5.65 Å². The summed E-state index contributed by atoms with van der Waals surface area (Å²) in [7, 11) is 0. The molecule has 0 radical (unpaired) electrons. The SMILES string of the molecule is CC(C)=CC1C(C(=O)NCc2nnc3ccc(C(F)(F)F)cn23)C1(C)C. The molecule has 5 nitrogen and oxygen atoms in total. The third kappa shape index (κ3) is 3.32. The molecule has 2 aromatic heterocycles. The van der Waals surface area contributed by atoms with Gasteiger partial charge in [-0.2, -0.15) is 13.2 Å². The number of allylic oxidation sites excluding steroid dienone is 2. The molecular formula is C18H21F3N4O. The number of aromatic nitrogens is 3. The molecule has 26 heavy (non-hydrogen) atoms. The van der Waals surface area contributed by atoms with Gasteiger partial charge < -0.3 is 5.32 Å². The molecule has 0 aliphatic heterocycles. The van der Waals surface area contributed by atoms with E-state index in [1.807, 2.05) is 27.7 Å². The van der Waals surface area contributed by atoms with Crippen molar-refractivity contribution in [3.8, 4) is 0 Å². The predicted molar refractivity (Wildman–Crippen MR) is 90.0 cm³/mol. The first-order valence-corrected chi connectivity index (χ1v) is 8.35. The summed E-state index contributed by atoms with van der Waals surface area (Å²) in [6.45, 7) is 8.07. The monoisotopic (exact) mass is 366 g/mol. The molecule has 1 aliphatic carbocycles. The Balaban J connectivity index is 1.74. The van der Waals surface area contributed by atoms with Crippen LogP contribution in [0.2, 0.25) is 0 Å². The molecule has 0 aromatic carbocycles. The van der Waals surface area contributed by atoms with Crippen LogP contribution >= 0.6 is 0 Å². The van der Waals surface area contributed by atoms with Gasteiger partial charge in [-0.15, -0.1) is 10.2 Å². The van der Waals surface area contributed by atoms with E-state index in [1.165, 1.54) is 10.5 Å². The van der Waals surface area contributed by atoms with E-state index in [0.717, 1.165) is 17.8 Å². The van der Waals surface area contributed by atoms with Crippen molar-refractivity contribution in [2.45, 2.75) is 40.4 Å². The molecule has 2 heterocycles. The fourth-order valence-corrected chi connectivity index (χ4v) is 3.35. The number of alkyl halides is 3. The third-order valence-corrected chi connectivity index (χ3v) is 4.93. The van der Waals surface area contributed by atoms with Gasteiger partial charge in [0.05, 0.1) is 18.0 Å². The van der Waals surface area contributed by atoms with Gasteiger partial charge in [0.1, 0.15) is 0 Å². The zero-order valence-electron chi connectivity index (χ0n) is 15.1. The van der Waals surface area contributed by atoms with Crippen molar-refractivity contribution in [1.29, 1.82) is 0 Å². The van der Waals surface area contributed by atoms with Gasteiger partial charge in [-0.3, -0.25) is 9.20 Å². The normalized spacial score (nSPS) is 21.5.